The number of allylic oxidation sites excluding steroid dienone is 2. The molecule has 0 bridgehead atoms. The van der Waals surface area contributed by atoms with Gasteiger partial charge in [-0.2, -0.15) is 0 Å². The van der Waals surface area contributed by atoms with Gasteiger partial charge in [0.1, 0.15) is 5.82 Å². The zero-order chi connectivity index (χ0) is 13.1. The van der Waals surface area contributed by atoms with Crippen molar-refractivity contribution in [3.63, 3.8) is 0 Å². The molecule has 1 aromatic carbocycles. The second-order valence-corrected chi connectivity index (χ2v) is 4.86. The Morgan fingerprint density at radius 1 is 1.39 bits per heavy atom. The highest BCUT2D eigenvalue weighted by Crippen LogP contribution is 2.20. The third-order valence-corrected chi connectivity index (χ3v) is 3.33. The minimum atomic E-state index is -0.415. The van der Waals surface area contributed by atoms with Crippen LogP contribution in [-0.2, 0) is 6.54 Å². The third kappa shape index (κ3) is 2.53. The Bertz CT molecular complexity index is 661. The molecule has 2 nitrogen and oxygen atoms in total. The number of rotatable bonds is 3. The molecule has 2 aromatic rings. The quantitative estimate of drug-likeness (QED) is 0.789. The van der Waals surface area contributed by atoms with Gasteiger partial charge in [-0.15, -0.1) is 0 Å². The standard InChI is InChI=1S/C14H13BrFNO/c1-2-3-4-6-17-7-5-10-8-12(15)13(16)9-11(10)14(17)18/h3-5,7-9H,2,6H2,1H3/b4-3+. The summed E-state index contributed by atoms with van der Waals surface area (Å²) in [5.74, 6) is -0.415. The van der Waals surface area contributed by atoms with Crippen molar-refractivity contribution in [2.24, 2.45) is 0 Å². The van der Waals surface area contributed by atoms with Gasteiger partial charge in [-0.25, -0.2) is 4.39 Å². The topological polar surface area (TPSA) is 22.0 Å². The lowest BCUT2D eigenvalue weighted by molar-refractivity contribution is 0.622. The number of halogens is 2. The van der Waals surface area contributed by atoms with Crippen LogP contribution in [0.1, 0.15) is 13.3 Å². The summed E-state index contributed by atoms with van der Waals surface area (Å²) in [5, 5.41) is 1.15. The van der Waals surface area contributed by atoms with Gasteiger partial charge in [0.15, 0.2) is 0 Å². The fourth-order valence-electron chi connectivity index (χ4n) is 1.78. The van der Waals surface area contributed by atoms with E-state index in [0.717, 1.165) is 11.8 Å². The zero-order valence-corrected chi connectivity index (χ0v) is 11.6. The monoisotopic (exact) mass is 309 g/mol. The van der Waals surface area contributed by atoms with E-state index in [4.69, 9.17) is 0 Å². The van der Waals surface area contributed by atoms with Crippen molar-refractivity contribution in [2.75, 3.05) is 0 Å². The molecule has 0 radical (unpaired) electrons. The number of pyridine rings is 1. The Morgan fingerprint density at radius 3 is 2.89 bits per heavy atom. The maximum absolute atomic E-state index is 13.5. The number of benzene rings is 1. The van der Waals surface area contributed by atoms with Crippen molar-refractivity contribution in [3.05, 3.63) is 57.2 Å². The molecule has 0 aliphatic carbocycles. The molecular formula is C14H13BrFNO. The van der Waals surface area contributed by atoms with E-state index in [9.17, 15) is 9.18 Å². The van der Waals surface area contributed by atoms with Crippen molar-refractivity contribution >= 4 is 26.7 Å². The van der Waals surface area contributed by atoms with E-state index in [0.29, 0.717) is 16.4 Å². The molecule has 0 unspecified atom stereocenters. The van der Waals surface area contributed by atoms with Gasteiger partial charge in [-0.05, 0) is 45.9 Å². The maximum atomic E-state index is 13.5. The van der Waals surface area contributed by atoms with Gasteiger partial charge < -0.3 is 4.57 Å². The summed E-state index contributed by atoms with van der Waals surface area (Å²) in [4.78, 5) is 12.1. The molecule has 94 valence electrons. The predicted molar refractivity (Wildman–Crippen MR) is 75.3 cm³/mol. The molecule has 2 rings (SSSR count). The minimum Gasteiger partial charge on any atom is -0.311 e. The van der Waals surface area contributed by atoms with Gasteiger partial charge in [-0.1, -0.05) is 19.1 Å². The molecule has 0 spiro atoms. The first-order chi connectivity index (χ1) is 8.63. The Kier molecular flexibility index (Phi) is 3.97. The Hall–Kier alpha value is -1.42. The normalized spacial score (nSPS) is 11.5. The zero-order valence-electron chi connectivity index (χ0n) is 9.99. The molecule has 1 heterocycles. The van der Waals surface area contributed by atoms with Crippen molar-refractivity contribution in [1.29, 1.82) is 0 Å². The Balaban J connectivity index is 2.53. The van der Waals surface area contributed by atoms with Crippen LogP contribution in [0.5, 0.6) is 0 Å². The lowest BCUT2D eigenvalue weighted by atomic mass is 10.1. The molecule has 0 fully saturated rings. The number of nitrogens with zero attached hydrogens (tertiary/aromatic N) is 1. The molecule has 1 aromatic heterocycles. The fourth-order valence-corrected chi connectivity index (χ4v) is 2.14. The summed E-state index contributed by atoms with van der Waals surface area (Å²) in [6.07, 6.45) is 6.60. The van der Waals surface area contributed by atoms with Gasteiger partial charge in [-0.3, -0.25) is 4.79 Å². The minimum absolute atomic E-state index is 0.167. The highest BCUT2D eigenvalue weighted by atomic mass is 79.9. The summed E-state index contributed by atoms with van der Waals surface area (Å²) in [6.45, 7) is 2.55. The molecule has 0 aliphatic rings. The van der Waals surface area contributed by atoms with Crippen LogP contribution < -0.4 is 5.56 Å². The average Bonchev–Trinajstić information content (AvgIpc) is 2.35. The first-order valence-electron chi connectivity index (χ1n) is 5.76. The SMILES string of the molecule is CC/C=C/Cn1ccc2cc(Br)c(F)cc2c1=O. The fraction of sp³-hybridized carbons (Fsp3) is 0.214. The Labute approximate surface area is 113 Å². The second-order valence-electron chi connectivity index (χ2n) is 4.01. The molecule has 0 aliphatic heterocycles. The van der Waals surface area contributed by atoms with Crippen LogP contribution in [0.4, 0.5) is 4.39 Å². The molecule has 0 saturated heterocycles. The van der Waals surface area contributed by atoms with Crippen LogP contribution in [0.25, 0.3) is 10.8 Å². The number of hydrogen-bond donors (Lipinski definition) is 0. The van der Waals surface area contributed by atoms with E-state index in [-0.39, 0.29) is 5.56 Å². The van der Waals surface area contributed by atoms with E-state index in [1.165, 1.54) is 6.07 Å². The molecule has 0 amide bonds. The summed E-state index contributed by atoms with van der Waals surface area (Å²) in [6, 6.07) is 4.72. The van der Waals surface area contributed by atoms with Crippen LogP contribution in [0.15, 0.2) is 45.8 Å². The van der Waals surface area contributed by atoms with Crippen molar-refractivity contribution in [3.8, 4) is 0 Å². The van der Waals surface area contributed by atoms with Gasteiger partial charge in [0.05, 0.1) is 9.86 Å². The van der Waals surface area contributed by atoms with Gasteiger partial charge in [0, 0.05) is 12.7 Å². The summed E-state index contributed by atoms with van der Waals surface area (Å²) in [7, 11) is 0. The summed E-state index contributed by atoms with van der Waals surface area (Å²) in [5.41, 5.74) is -0.167. The van der Waals surface area contributed by atoms with E-state index in [2.05, 4.69) is 15.9 Å². The average molecular weight is 310 g/mol. The largest absolute Gasteiger partial charge is 0.311 e. The highest BCUT2D eigenvalue weighted by Gasteiger charge is 2.06. The number of fused-ring (bicyclic) bond motifs is 1. The predicted octanol–water partition coefficient (Wildman–Crippen LogP) is 3.87. The van der Waals surface area contributed by atoms with Crippen molar-refractivity contribution < 1.29 is 4.39 Å². The van der Waals surface area contributed by atoms with E-state index in [1.807, 2.05) is 25.1 Å². The van der Waals surface area contributed by atoms with Gasteiger partial charge >= 0.3 is 0 Å². The molecule has 0 N–H and O–H groups in total. The lowest BCUT2D eigenvalue weighted by Crippen LogP contribution is -2.18. The molecule has 4 heteroatoms. The lowest BCUT2D eigenvalue weighted by Gasteiger charge is -2.05. The van der Waals surface area contributed by atoms with Gasteiger partial charge in [0.2, 0.25) is 0 Å². The maximum Gasteiger partial charge on any atom is 0.258 e. The second kappa shape index (κ2) is 5.48. The van der Waals surface area contributed by atoms with E-state index in [1.54, 1.807) is 16.8 Å². The Morgan fingerprint density at radius 2 is 2.17 bits per heavy atom. The first kappa shape index (κ1) is 13.0. The summed E-state index contributed by atoms with van der Waals surface area (Å²) < 4.78 is 15.4. The van der Waals surface area contributed by atoms with Gasteiger partial charge in [0.25, 0.3) is 5.56 Å². The van der Waals surface area contributed by atoms with Crippen LogP contribution in [0.3, 0.4) is 0 Å². The summed E-state index contributed by atoms with van der Waals surface area (Å²) >= 11 is 3.12. The van der Waals surface area contributed by atoms with Crippen LogP contribution >= 0.6 is 15.9 Å². The molecule has 18 heavy (non-hydrogen) atoms. The highest BCUT2D eigenvalue weighted by molar-refractivity contribution is 9.10. The number of hydrogen-bond acceptors (Lipinski definition) is 1. The van der Waals surface area contributed by atoms with E-state index < -0.39 is 5.82 Å². The molecule has 0 atom stereocenters. The number of aromatic nitrogens is 1. The smallest absolute Gasteiger partial charge is 0.258 e. The third-order valence-electron chi connectivity index (χ3n) is 2.72. The van der Waals surface area contributed by atoms with Crippen LogP contribution in [0.2, 0.25) is 0 Å². The van der Waals surface area contributed by atoms with Crippen molar-refractivity contribution in [2.45, 2.75) is 19.9 Å². The molecule has 0 saturated carbocycles. The van der Waals surface area contributed by atoms with E-state index >= 15 is 0 Å². The van der Waals surface area contributed by atoms with Crippen LogP contribution in [0, 0.1) is 5.82 Å². The first-order valence-corrected chi connectivity index (χ1v) is 6.56. The molecular weight excluding hydrogens is 297 g/mol. The van der Waals surface area contributed by atoms with Crippen LogP contribution in [-0.4, -0.2) is 4.57 Å². The van der Waals surface area contributed by atoms with Crippen molar-refractivity contribution in [1.82, 2.24) is 4.57 Å².